The standard InChI is InChI=1S/C25H36N4O3/c30-23-9-11-25(21-5-2-1-3-6-21,10-8-22(23)29-15-17-32-18-16-29)19-27-24(31)7-4-13-28-14-12-26-20-28/h1-3,5-6,12,14,20,22-23,30H,4,7-11,13,15-19H2,(H,27,31)/t22-,23-,25+/m0/s1. The van der Waals surface area contributed by atoms with Crippen molar-refractivity contribution in [3.63, 3.8) is 0 Å². The van der Waals surface area contributed by atoms with Gasteiger partial charge >= 0.3 is 0 Å². The molecule has 0 spiro atoms. The van der Waals surface area contributed by atoms with E-state index in [9.17, 15) is 9.90 Å². The zero-order valence-electron chi connectivity index (χ0n) is 18.9. The van der Waals surface area contributed by atoms with Crippen molar-refractivity contribution in [3.05, 3.63) is 54.6 Å². The minimum absolute atomic E-state index is 0.0925. The van der Waals surface area contributed by atoms with E-state index >= 15 is 0 Å². The summed E-state index contributed by atoms with van der Waals surface area (Å²) in [5, 5.41) is 14.2. The Bertz CT molecular complexity index is 823. The number of nitrogens with zero attached hydrogens (tertiary/aromatic N) is 3. The summed E-state index contributed by atoms with van der Waals surface area (Å²) in [4.78, 5) is 19.1. The Kier molecular flexibility index (Phi) is 7.95. The number of aromatic nitrogens is 2. The number of morpholine rings is 1. The van der Waals surface area contributed by atoms with E-state index in [1.807, 2.05) is 16.8 Å². The molecule has 2 aromatic rings. The van der Waals surface area contributed by atoms with Crippen molar-refractivity contribution in [2.45, 2.75) is 62.6 Å². The van der Waals surface area contributed by atoms with Gasteiger partial charge in [0.1, 0.15) is 0 Å². The number of ether oxygens (including phenoxy) is 1. The first kappa shape index (κ1) is 23.0. The van der Waals surface area contributed by atoms with Gasteiger partial charge in [-0.3, -0.25) is 9.69 Å². The van der Waals surface area contributed by atoms with Gasteiger partial charge in [0.05, 0.1) is 25.6 Å². The third-order valence-corrected chi connectivity index (χ3v) is 7.19. The molecule has 174 valence electrons. The van der Waals surface area contributed by atoms with E-state index in [0.29, 0.717) is 13.0 Å². The minimum Gasteiger partial charge on any atom is -0.391 e. The molecule has 1 aromatic heterocycles. The molecular formula is C25H36N4O3. The fraction of sp³-hybridized carbons (Fsp3) is 0.600. The molecule has 2 fully saturated rings. The van der Waals surface area contributed by atoms with E-state index in [-0.39, 0.29) is 23.5 Å². The van der Waals surface area contributed by atoms with Gasteiger partial charge in [-0.25, -0.2) is 4.98 Å². The Morgan fingerprint density at radius 3 is 2.72 bits per heavy atom. The summed E-state index contributed by atoms with van der Waals surface area (Å²) >= 11 is 0. The van der Waals surface area contributed by atoms with Crippen molar-refractivity contribution in [1.29, 1.82) is 0 Å². The van der Waals surface area contributed by atoms with Crippen LogP contribution in [0.3, 0.4) is 0 Å². The van der Waals surface area contributed by atoms with Gasteiger partial charge in [0.15, 0.2) is 0 Å². The van der Waals surface area contributed by atoms with Gasteiger partial charge < -0.3 is 19.7 Å². The quantitative estimate of drug-likeness (QED) is 0.616. The van der Waals surface area contributed by atoms with Crippen LogP contribution in [0, 0.1) is 0 Å². The predicted molar refractivity (Wildman–Crippen MR) is 123 cm³/mol. The highest BCUT2D eigenvalue weighted by Crippen LogP contribution is 2.39. The summed E-state index contributed by atoms with van der Waals surface area (Å²) in [5.74, 6) is 0.0925. The Morgan fingerprint density at radius 1 is 1.19 bits per heavy atom. The normalized spacial score (nSPS) is 27.0. The number of amides is 1. The molecule has 4 rings (SSSR count). The number of nitrogens with one attached hydrogen (secondary N) is 1. The van der Waals surface area contributed by atoms with E-state index in [1.54, 1.807) is 12.5 Å². The lowest BCUT2D eigenvalue weighted by Gasteiger charge is -2.37. The third kappa shape index (κ3) is 5.77. The molecule has 1 aromatic carbocycles. The largest absolute Gasteiger partial charge is 0.391 e. The van der Waals surface area contributed by atoms with Crippen molar-refractivity contribution in [2.75, 3.05) is 32.8 Å². The van der Waals surface area contributed by atoms with E-state index in [0.717, 1.165) is 65.0 Å². The van der Waals surface area contributed by atoms with Crippen molar-refractivity contribution >= 4 is 5.91 Å². The Balaban J connectivity index is 1.40. The smallest absolute Gasteiger partial charge is 0.220 e. The molecule has 0 radical (unpaired) electrons. The SMILES string of the molecule is O=C(CCCn1ccnc1)NC[C@]1(c2ccccc2)CC[C@H](O)[C@@H](N2CCOCC2)CC1. The molecule has 2 aliphatic rings. The van der Waals surface area contributed by atoms with Crippen molar-refractivity contribution in [1.82, 2.24) is 19.8 Å². The highest BCUT2D eigenvalue weighted by molar-refractivity contribution is 5.76. The number of aliphatic hydroxyl groups is 1. The summed E-state index contributed by atoms with van der Waals surface area (Å²) in [5.41, 5.74) is 1.11. The first-order valence-corrected chi connectivity index (χ1v) is 11.9. The number of carbonyl (C=O) groups is 1. The maximum absolute atomic E-state index is 12.6. The van der Waals surface area contributed by atoms with Crippen LogP contribution in [-0.2, 0) is 21.5 Å². The molecule has 1 aliphatic heterocycles. The molecule has 1 saturated heterocycles. The van der Waals surface area contributed by atoms with Crippen LogP contribution in [0.2, 0.25) is 0 Å². The number of hydrogen-bond donors (Lipinski definition) is 2. The van der Waals surface area contributed by atoms with Crippen LogP contribution in [0.15, 0.2) is 49.1 Å². The molecule has 1 aliphatic carbocycles. The Labute approximate surface area is 190 Å². The van der Waals surface area contributed by atoms with Crippen LogP contribution < -0.4 is 5.32 Å². The second-order valence-electron chi connectivity index (χ2n) is 9.19. The maximum atomic E-state index is 12.6. The summed E-state index contributed by atoms with van der Waals surface area (Å²) < 4.78 is 7.51. The molecule has 1 amide bonds. The molecule has 7 nitrogen and oxygen atoms in total. The van der Waals surface area contributed by atoms with Gasteiger partial charge in [-0.05, 0) is 37.7 Å². The maximum Gasteiger partial charge on any atom is 0.220 e. The molecule has 2 heterocycles. The topological polar surface area (TPSA) is 79.6 Å². The second-order valence-corrected chi connectivity index (χ2v) is 9.19. The summed E-state index contributed by atoms with van der Waals surface area (Å²) in [6.45, 7) is 4.65. The van der Waals surface area contributed by atoms with Crippen LogP contribution in [0.25, 0.3) is 0 Å². The lowest BCUT2D eigenvalue weighted by Crippen LogP contribution is -2.48. The van der Waals surface area contributed by atoms with Gasteiger partial charge in [0.2, 0.25) is 5.91 Å². The zero-order valence-corrected chi connectivity index (χ0v) is 18.9. The van der Waals surface area contributed by atoms with Gasteiger partial charge in [-0.2, -0.15) is 0 Å². The number of rotatable bonds is 8. The Hall–Kier alpha value is -2.22. The number of benzene rings is 1. The highest BCUT2D eigenvalue weighted by atomic mass is 16.5. The van der Waals surface area contributed by atoms with Crippen LogP contribution in [-0.4, -0.2) is 70.5 Å². The van der Waals surface area contributed by atoms with Crippen LogP contribution in [0.1, 0.15) is 44.1 Å². The lowest BCUT2D eigenvalue weighted by atomic mass is 9.74. The fourth-order valence-electron chi connectivity index (χ4n) is 5.25. The van der Waals surface area contributed by atoms with E-state index < -0.39 is 0 Å². The number of aliphatic hydroxyl groups excluding tert-OH is 1. The van der Waals surface area contributed by atoms with Gasteiger partial charge in [-0.1, -0.05) is 30.3 Å². The van der Waals surface area contributed by atoms with Crippen LogP contribution >= 0.6 is 0 Å². The van der Waals surface area contributed by atoms with Crippen molar-refractivity contribution < 1.29 is 14.6 Å². The second kappa shape index (κ2) is 11.1. The van der Waals surface area contributed by atoms with Crippen molar-refractivity contribution in [2.24, 2.45) is 0 Å². The molecular weight excluding hydrogens is 404 g/mol. The lowest BCUT2D eigenvalue weighted by molar-refractivity contribution is -0.121. The molecule has 0 unspecified atom stereocenters. The van der Waals surface area contributed by atoms with Gasteiger partial charge in [0.25, 0.3) is 0 Å². The van der Waals surface area contributed by atoms with E-state index in [1.165, 1.54) is 5.56 Å². The fourth-order valence-corrected chi connectivity index (χ4v) is 5.25. The van der Waals surface area contributed by atoms with Crippen molar-refractivity contribution in [3.8, 4) is 0 Å². The monoisotopic (exact) mass is 440 g/mol. The number of aryl methyl sites for hydroxylation is 1. The van der Waals surface area contributed by atoms with Gasteiger partial charge in [-0.15, -0.1) is 0 Å². The third-order valence-electron chi connectivity index (χ3n) is 7.19. The first-order valence-electron chi connectivity index (χ1n) is 11.9. The zero-order chi connectivity index (χ0) is 22.2. The van der Waals surface area contributed by atoms with Gasteiger partial charge in [0, 0.05) is 56.5 Å². The average molecular weight is 441 g/mol. The predicted octanol–water partition coefficient (Wildman–Crippen LogP) is 2.35. The molecule has 7 heteroatoms. The molecule has 32 heavy (non-hydrogen) atoms. The summed E-state index contributed by atoms with van der Waals surface area (Å²) in [6, 6.07) is 10.7. The number of carbonyl (C=O) groups excluding carboxylic acids is 1. The molecule has 3 atom stereocenters. The number of imidazole rings is 1. The molecule has 0 bridgehead atoms. The van der Waals surface area contributed by atoms with Crippen LogP contribution in [0.5, 0.6) is 0 Å². The van der Waals surface area contributed by atoms with E-state index in [4.69, 9.17) is 4.74 Å². The average Bonchev–Trinajstić information content (AvgIpc) is 3.29. The summed E-state index contributed by atoms with van der Waals surface area (Å²) in [6.07, 6.45) is 9.90. The first-order chi connectivity index (χ1) is 15.7. The molecule has 2 N–H and O–H groups in total. The van der Waals surface area contributed by atoms with Crippen LogP contribution in [0.4, 0.5) is 0 Å². The minimum atomic E-state index is -0.343. The number of hydrogen-bond acceptors (Lipinski definition) is 5. The summed E-state index contributed by atoms with van der Waals surface area (Å²) in [7, 11) is 0. The van der Waals surface area contributed by atoms with E-state index in [2.05, 4.69) is 39.5 Å². The Morgan fingerprint density at radius 2 is 1.97 bits per heavy atom. The molecule has 1 saturated carbocycles. The highest BCUT2D eigenvalue weighted by Gasteiger charge is 2.40.